The maximum atomic E-state index is 13.9. The zero-order valence-electron chi connectivity index (χ0n) is 12.2. The lowest BCUT2D eigenvalue weighted by atomic mass is 9.64. The third kappa shape index (κ3) is 2.19. The van der Waals surface area contributed by atoms with Gasteiger partial charge in [-0.2, -0.15) is 0 Å². The molecule has 2 aromatic carbocycles. The molecule has 0 spiro atoms. The van der Waals surface area contributed by atoms with E-state index in [0.29, 0.717) is 17.2 Å². The van der Waals surface area contributed by atoms with E-state index in [1.165, 1.54) is 0 Å². The molecule has 2 aromatic rings. The van der Waals surface area contributed by atoms with E-state index < -0.39 is 17.4 Å². The van der Waals surface area contributed by atoms with Crippen molar-refractivity contribution in [1.29, 1.82) is 0 Å². The predicted octanol–water partition coefficient (Wildman–Crippen LogP) is 4.91. The molecule has 0 bridgehead atoms. The van der Waals surface area contributed by atoms with Gasteiger partial charge < -0.3 is 9.84 Å². The number of phenols is 1. The van der Waals surface area contributed by atoms with E-state index in [4.69, 9.17) is 16.3 Å². The van der Waals surface area contributed by atoms with Crippen LogP contribution in [0, 0.1) is 0 Å². The molecule has 1 heterocycles. The fourth-order valence-corrected chi connectivity index (χ4v) is 4.06. The van der Waals surface area contributed by atoms with Gasteiger partial charge in [0.15, 0.2) is 0 Å². The fourth-order valence-electron chi connectivity index (χ4n) is 3.90. The van der Waals surface area contributed by atoms with E-state index in [-0.39, 0.29) is 18.6 Å². The molecular weight excluding hydrogens is 322 g/mol. The maximum Gasteiger partial charge on any atom is 0.251 e. The molecule has 0 amide bonds. The molecule has 0 saturated heterocycles. The molecule has 5 heteroatoms. The molecule has 4 rings (SSSR count). The first-order valence-corrected chi connectivity index (χ1v) is 7.93. The normalized spacial score (nSPS) is 27.9. The molecule has 1 aliphatic carbocycles. The van der Waals surface area contributed by atoms with Gasteiger partial charge in [0.25, 0.3) is 5.92 Å². The highest BCUT2D eigenvalue weighted by Crippen LogP contribution is 2.57. The van der Waals surface area contributed by atoms with Crippen LogP contribution in [0.15, 0.2) is 42.5 Å². The second-order valence-corrected chi connectivity index (χ2v) is 6.76. The van der Waals surface area contributed by atoms with Gasteiger partial charge in [-0.3, -0.25) is 0 Å². The Kier molecular flexibility index (Phi) is 3.11. The predicted molar refractivity (Wildman–Crippen MR) is 83.6 cm³/mol. The second kappa shape index (κ2) is 4.84. The van der Waals surface area contributed by atoms with E-state index in [2.05, 4.69) is 0 Å². The smallest absolute Gasteiger partial charge is 0.251 e. The van der Waals surface area contributed by atoms with Gasteiger partial charge in [-0.15, -0.1) is 0 Å². The quantitative estimate of drug-likeness (QED) is 0.801. The van der Waals surface area contributed by atoms with Crippen molar-refractivity contribution in [2.75, 3.05) is 0 Å². The molecule has 2 aliphatic rings. The van der Waals surface area contributed by atoms with E-state index in [1.54, 1.807) is 36.4 Å². The van der Waals surface area contributed by atoms with Crippen LogP contribution in [0.4, 0.5) is 8.78 Å². The minimum atomic E-state index is -2.73. The summed E-state index contributed by atoms with van der Waals surface area (Å²) in [5, 5.41) is 10.1. The number of hydrogen-bond acceptors (Lipinski definition) is 2. The highest BCUT2D eigenvalue weighted by molar-refractivity contribution is 6.30. The van der Waals surface area contributed by atoms with Crippen LogP contribution in [0.5, 0.6) is 11.5 Å². The lowest BCUT2D eigenvalue weighted by Crippen LogP contribution is -2.48. The van der Waals surface area contributed by atoms with Gasteiger partial charge in [-0.05, 0) is 36.2 Å². The SMILES string of the molecule is Oc1ccc(C23CCC(F)(F)CC2Oc2cc(Cl)ccc23)cc1. The second-order valence-electron chi connectivity index (χ2n) is 6.33. The molecule has 23 heavy (non-hydrogen) atoms. The van der Waals surface area contributed by atoms with Crippen molar-refractivity contribution in [3.63, 3.8) is 0 Å². The minimum Gasteiger partial charge on any atom is -0.508 e. The molecule has 0 aromatic heterocycles. The lowest BCUT2D eigenvalue weighted by Gasteiger charge is -2.41. The van der Waals surface area contributed by atoms with Crippen LogP contribution < -0.4 is 4.74 Å². The molecule has 1 fully saturated rings. The minimum absolute atomic E-state index is 0.151. The monoisotopic (exact) mass is 336 g/mol. The molecule has 0 radical (unpaired) electrons. The summed E-state index contributed by atoms with van der Waals surface area (Å²) in [6, 6.07) is 12.1. The number of phenolic OH excluding ortho intramolecular Hbond substituents is 1. The van der Waals surface area contributed by atoms with Gasteiger partial charge in [0.2, 0.25) is 0 Å². The molecule has 1 aliphatic heterocycles. The maximum absolute atomic E-state index is 13.9. The van der Waals surface area contributed by atoms with Crippen LogP contribution >= 0.6 is 11.6 Å². The highest BCUT2D eigenvalue weighted by Gasteiger charge is 2.57. The number of aromatic hydroxyl groups is 1. The van der Waals surface area contributed by atoms with Crippen LogP contribution in [-0.2, 0) is 5.41 Å². The van der Waals surface area contributed by atoms with Crippen molar-refractivity contribution >= 4 is 11.6 Å². The Morgan fingerprint density at radius 2 is 1.83 bits per heavy atom. The summed E-state index contributed by atoms with van der Waals surface area (Å²) in [7, 11) is 0. The molecule has 1 N–H and O–H groups in total. The van der Waals surface area contributed by atoms with Crippen LogP contribution in [0.25, 0.3) is 0 Å². The van der Waals surface area contributed by atoms with Gasteiger partial charge in [0, 0.05) is 23.4 Å². The molecule has 120 valence electrons. The average molecular weight is 337 g/mol. The van der Waals surface area contributed by atoms with Gasteiger partial charge >= 0.3 is 0 Å². The van der Waals surface area contributed by atoms with Crippen molar-refractivity contribution in [3.05, 3.63) is 58.6 Å². The van der Waals surface area contributed by atoms with Gasteiger partial charge in [0.05, 0.1) is 5.41 Å². The van der Waals surface area contributed by atoms with Gasteiger partial charge in [-0.1, -0.05) is 29.8 Å². The van der Waals surface area contributed by atoms with Gasteiger partial charge in [0.1, 0.15) is 17.6 Å². The Bertz CT molecular complexity index is 760. The fraction of sp³-hybridized carbons (Fsp3) is 0.333. The number of ether oxygens (including phenoxy) is 1. The van der Waals surface area contributed by atoms with E-state index in [9.17, 15) is 13.9 Å². The number of hydrogen-bond donors (Lipinski definition) is 1. The summed E-state index contributed by atoms with van der Waals surface area (Å²) in [6.45, 7) is 0. The standard InChI is InChI=1S/C18H15ClF2O2/c19-12-3-6-14-15(9-12)23-16-10-17(20,21)7-8-18(14,16)11-1-4-13(22)5-2-11/h1-6,9,16,22H,7-8,10H2. The Hall–Kier alpha value is -1.81. The van der Waals surface area contributed by atoms with Crippen molar-refractivity contribution in [2.45, 2.75) is 36.7 Å². The Morgan fingerprint density at radius 1 is 1.09 bits per heavy atom. The third-order valence-electron chi connectivity index (χ3n) is 4.99. The van der Waals surface area contributed by atoms with Gasteiger partial charge in [-0.25, -0.2) is 8.78 Å². The van der Waals surface area contributed by atoms with E-state index >= 15 is 0 Å². The number of alkyl halides is 2. The summed E-state index contributed by atoms with van der Waals surface area (Å²) < 4.78 is 33.8. The topological polar surface area (TPSA) is 29.5 Å². The highest BCUT2D eigenvalue weighted by atomic mass is 35.5. The number of fused-ring (bicyclic) bond motifs is 3. The average Bonchev–Trinajstić information content (AvgIpc) is 2.80. The Morgan fingerprint density at radius 3 is 2.57 bits per heavy atom. The molecule has 2 atom stereocenters. The zero-order valence-corrected chi connectivity index (χ0v) is 13.0. The van der Waals surface area contributed by atoms with Crippen molar-refractivity contribution < 1.29 is 18.6 Å². The summed E-state index contributed by atoms with van der Waals surface area (Å²) in [6.07, 6.45) is -0.843. The van der Waals surface area contributed by atoms with Crippen molar-refractivity contribution in [2.24, 2.45) is 0 Å². The first-order valence-electron chi connectivity index (χ1n) is 7.55. The van der Waals surface area contributed by atoms with Crippen LogP contribution in [0.2, 0.25) is 5.02 Å². The molecule has 2 unspecified atom stereocenters. The van der Waals surface area contributed by atoms with Crippen LogP contribution in [0.1, 0.15) is 30.4 Å². The molecular formula is C18H15ClF2O2. The van der Waals surface area contributed by atoms with Crippen molar-refractivity contribution in [1.82, 2.24) is 0 Å². The first-order chi connectivity index (χ1) is 10.9. The number of rotatable bonds is 1. The summed E-state index contributed by atoms with van der Waals surface area (Å²) in [5.74, 6) is -2.00. The van der Waals surface area contributed by atoms with E-state index in [0.717, 1.165) is 11.1 Å². The largest absolute Gasteiger partial charge is 0.508 e. The zero-order chi connectivity index (χ0) is 16.2. The van der Waals surface area contributed by atoms with Crippen LogP contribution in [0.3, 0.4) is 0 Å². The third-order valence-corrected chi connectivity index (χ3v) is 5.23. The van der Waals surface area contributed by atoms with E-state index in [1.807, 2.05) is 6.07 Å². The van der Waals surface area contributed by atoms with Crippen LogP contribution in [-0.4, -0.2) is 17.1 Å². The molecule has 2 nitrogen and oxygen atoms in total. The first kappa shape index (κ1) is 14.8. The number of benzene rings is 2. The Labute approximate surface area is 137 Å². The Balaban J connectivity index is 1.90. The summed E-state index contributed by atoms with van der Waals surface area (Å²) >= 11 is 6.03. The lowest BCUT2D eigenvalue weighted by molar-refractivity contribution is -0.0829. The summed E-state index contributed by atoms with van der Waals surface area (Å²) in [5.41, 5.74) is 1.17. The molecule has 1 saturated carbocycles. The van der Waals surface area contributed by atoms with Crippen molar-refractivity contribution in [3.8, 4) is 11.5 Å². The summed E-state index contributed by atoms with van der Waals surface area (Å²) in [4.78, 5) is 0. The number of halogens is 3.